The maximum Gasteiger partial charge on any atom is 0.586 e. The number of aliphatic hydroxyl groups is 1. The van der Waals surface area contributed by atoms with Crippen molar-refractivity contribution in [3.63, 3.8) is 0 Å². The number of carbonyl (C=O) groups is 3. The summed E-state index contributed by atoms with van der Waals surface area (Å²) < 4.78 is 35.7. The first-order valence-electron chi connectivity index (χ1n) is 27.3. The van der Waals surface area contributed by atoms with Crippen LogP contribution in [-0.2, 0) is 32.8 Å². The second-order valence-electron chi connectivity index (χ2n) is 20.6. The summed E-state index contributed by atoms with van der Waals surface area (Å²) in [5.74, 6) is 6.54. The van der Waals surface area contributed by atoms with Gasteiger partial charge in [-0.05, 0) is 130 Å². The number of ether oxygens (including phenoxy) is 2. The van der Waals surface area contributed by atoms with Crippen molar-refractivity contribution >= 4 is 42.2 Å². The van der Waals surface area contributed by atoms with E-state index in [4.69, 9.17) is 5.84 Å². The molecule has 8 rings (SSSR count). The van der Waals surface area contributed by atoms with Gasteiger partial charge >= 0.3 is 6.29 Å². The average Bonchev–Trinajstić information content (AvgIpc) is 4.21. The van der Waals surface area contributed by atoms with Crippen molar-refractivity contribution in [2.45, 2.75) is 101 Å². The van der Waals surface area contributed by atoms with Gasteiger partial charge in [-0.1, -0.05) is 111 Å². The Morgan fingerprint density at radius 3 is 2.33 bits per heavy atom. The number of likely N-dealkylation sites (tertiary alicyclic amines) is 1. The van der Waals surface area contributed by atoms with Crippen LogP contribution >= 0.6 is 0 Å². The van der Waals surface area contributed by atoms with Gasteiger partial charge in [-0.2, -0.15) is 0 Å². The van der Waals surface area contributed by atoms with Gasteiger partial charge in [0, 0.05) is 63.0 Å². The van der Waals surface area contributed by atoms with Gasteiger partial charge in [-0.25, -0.2) is 15.8 Å². The highest BCUT2D eigenvalue weighted by Gasteiger charge is 2.53. The van der Waals surface area contributed by atoms with E-state index < -0.39 is 17.3 Å². The quantitative estimate of drug-likeness (QED) is 0.00657. The van der Waals surface area contributed by atoms with Crippen molar-refractivity contribution < 1.29 is 37.7 Å². The summed E-state index contributed by atoms with van der Waals surface area (Å²) in [6.07, 6.45) is 7.69. The van der Waals surface area contributed by atoms with Crippen LogP contribution in [0, 0.1) is 6.92 Å². The van der Waals surface area contributed by atoms with E-state index >= 15 is 0 Å². The number of amides is 3. The number of nitrogens with one attached hydrogen (secondary N) is 5. The minimum absolute atomic E-state index is 0.0402. The highest BCUT2D eigenvalue weighted by Crippen LogP contribution is 2.52. The Hall–Kier alpha value is -7.77. The van der Waals surface area contributed by atoms with Gasteiger partial charge in [0.1, 0.15) is 5.82 Å². The third kappa shape index (κ3) is 16.9. The van der Waals surface area contributed by atoms with E-state index in [0.717, 1.165) is 64.3 Å². The molecular weight excluding hydrogens is 1020 g/mol. The van der Waals surface area contributed by atoms with E-state index in [9.17, 15) is 28.3 Å². The lowest BCUT2D eigenvalue weighted by Gasteiger charge is -2.38. The predicted octanol–water partition coefficient (Wildman–Crippen LogP) is 8.98. The van der Waals surface area contributed by atoms with Gasteiger partial charge < -0.3 is 51.1 Å². The molecule has 2 fully saturated rings. The second kappa shape index (κ2) is 28.4. The fraction of sp³-hybridized carbons (Fsp3) is 0.371. The van der Waals surface area contributed by atoms with E-state index in [2.05, 4.69) is 59.2 Å². The van der Waals surface area contributed by atoms with Crippen molar-refractivity contribution in [1.82, 2.24) is 36.2 Å². The van der Waals surface area contributed by atoms with Crippen LogP contribution in [0.25, 0.3) is 23.0 Å². The molecule has 5 aromatic rings. The number of aryl methyl sites for hydroxylation is 2. The molecular formula is C62H76F2N10O6. The van der Waals surface area contributed by atoms with Crippen LogP contribution in [0.1, 0.15) is 97.6 Å². The number of unbranched alkanes of at least 4 members (excludes halogenated alkanes) is 2. The van der Waals surface area contributed by atoms with E-state index in [-0.39, 0.29) is 23.3 Å². The van der Waals surface area contributed by atoms with Crippen molar-refractivity contribution in [2.75, 3.05) is 52.1 Å². The number of aromatic nitrogens is 1. The van der Waals surface area contributed by atoms with Crippen LogP contribution in [0.2, 0.25) is 0 Å². The Labute approximate surface area is 468 Å². The summed E-state index contributed by atoms with van der Waals surface area (Å²) in [6, 6.07) is 34.1. The lowest BCUT2D eigenvalue weighted by molar-refractivity contribution is -0.286. The standard InChI is InChI=1S/C37H56N8O3.C25H20F2N2O3/c1-30(42-23-9-5-8-22-39-2)26-40-27-32-12-15-33(16-13-32)36(44(3)38)34(43-28-41-29-46)18-19-37(48)20-24-45(25-21-37)35(47)17-14-31-10-6-4-7-11-31;1-3-16-5-4-6-17(13-16)22-15(2)7-10-21(28-22)29-23(30)24(11-12-24)18-8-9-19-20(14-18)32-25(26,27)31-19/h4,6-7,10-13,15-16,28-29,39-40,42,48H,1,5,8-9,14,17-27,38H2,2-3H3,(H,41,43,46);3-10,13-14H,1,11-12H2,2H3,(H,28,29,30)/b36-34+;. The normalized spacial score (nSPS) is 15.7. The number of allylic oxidation sites excluding steroid dienone is 1. The highest BCUT2D eigenvalue weighted by atomic mass is 19.3. The number of aliphatic imine (C=N–C) groups is 1. The number of benzene rings is 4. The molecule has 0 radical (unpaired) electrons. The molecule has 3 amide bonds. The molecule has 80 heavy (non-hydrogen) atoms. The first-order chi connectivity index (χ1) is 38.5. The lowest BCUT2D eigenvalue weighted by atomic mass is 9.86. The number of hydrogen-bond donors (Lipinski definition) is 7. The Morgan fingerprint density at radius 1 is 0.887 bits per heavy atom. The van der Waals surface area contributed by atoms with Gasteiger partial charge in [-0.3, -0.25) is 14.4 Å². The monoisotopic (exact) mass is 1090 g/mol. The largest absolute Gasteiger partial charge is 0.586 e. The van der Waals surface area contributed by atoms with E-state index in [0.29, 0.717) is 107 Å². The molecule has 3 aliphatic rings. The summed E-state index contributed by atoms with van der Waals surface area (Å²) in [6.45, 7) is 14.3. The predicted molar refractivity (Wildman–Crippen MR) is 311 cm³/mol. The van der Waals surface area contributed by atoms with Gasteiger partial charge in [-0.15, -0.1) is 8.78 Å². The fourth-order valence-electron chi connectivity index (χ4n) is 9.82. The van der Waals surface area contributed by atoms with Crippen LogP contribution in [0.3, 0.4) is 0 Å². The number of hydrazine groups is 1. The number of carbonyl (C=O) groups excluding carboxylic acids is 3. The number of anilines is 1. The number of fused-ring (bicyclic) bond motifs is 1. The third-order valence-corrected chi connectivity index (χ3v) is 14.6. The maximum atomic E-state index is 13.3. The average molecular weight is 1100 g/mol. The Kier molecular flexibility index (Phi) is 21.3. The van der Waals surface area contributed by atoms with Crippen molar-refractivity contribution in [3.8, 4) is 22.8 Å². The number of pyridine rings is 1. The van der Waals surface area contributed by atoms with Crippen LogP contribution in [0.5, 0.6) is 11.5 Å². The first-order valence-corrected chi connectivity index (χ1v) is 27.3. The number of hydrogen-bond acceptors (Lipinski definition) is 13. The number of nitrogens with zero attached hydrogens (tertiary/aromatic N) is 4. The van der Waals surface area contributed by atoms with Crippen molar-refractivity contribution in [1.29, 1.82) is 0 Å². The van der Waals surface area contributed by atoms with E-state index in [1.54, 1.807) is 25.3 Å². The minimum atomic E-state index is -3.69. The molecule has 0 spiro atoms. The molecule has 2 aliphatic heterocycles. The highest BCUT2D eigenvalue weighted by molar-refractivity contribution is 6.01. The summed E-state index contributed by atoms with van der Waals surface area (Å²) in [7, 11) is 3.73. The summed E-state index contributed by atoms with van der Waals surface area (Å²) in [5, 5.41) is 28.4. The molecule has 424 valence electrons. The molecule has 18 heteroatoms. The molecule has 16 nitrogen and oxygen atoms in total. The van der Waals surface area contributed by atoms with E-state index in [1.807, 2.05) is 104 Å². The molecule has 1 saturated carbocycles. The molecule has 4 aromatic carbocycles. The molecule has 1 aliphatic carbocycles. The molecule has 1 aromatic heterocycles. The Balaban J connectivity index is 0.000000249. The van der Waals surface area contributed by atoms with Crippen LogP contribution in [-0.4, -0.2) is 103 Å². The molecule has 8 N–H and O–H groups in total. The Morgan fingerprint density at radius 2 is 1.62 bits per heavy atom. The number of rotatable bonds is 27. The lowest BCUT2D eigenvalue weighted by Crippen LogP contribution is -2.46. The third-order valence-electron chi connectivity index (χ3n) is 14.6. The smallest absolute Gasteiger partial charge is 0.395 e. The van der Waals surface area contributed by atoms with Crippen LogP contribution < -0.4 is 41.9 Å². The van der Waals surface area contributed by atoms with Gasteiger partial charge in [0.05, 0.1) is 34.4 Å². The van der Waals surface area contributed by atoms with Gasteiger partial charge in [0.2, 0.25) is 18.2 Å². The summed E-state index contributed by atoms with van der Waals surface area (Å²) >= 11 is 0. The zero-order valence-corrected chi connectivity index (χ0v) is 46.2. The topological polar surface area (TPSA) is 208 Å². The summed E-state index contributed by atoms with van der Waals surface area (Å²) in [4.78, 5) is 48.0. The molecule has 0 unspecified atom stereocenters. The second-order valence-corrected chi connectivity index (χ2v) is 20.6. The van der Waals surface area contributed by atoms with E-state index in [1.165, 1.54) is 36.3 Å². The SMILES string of the molecule is C=C(CNCc1ccc(/C(=C(/CCC2(O)CCN(C(=O)CCc3ccccc3)CC2)N=CNC=O)N(C)N)cc1)NCCCCCNC.C=Cc1cccc(-c2nc(NC(=O)C3(c4ccc5c(c4)OC(F)(F)O5)CC3)ccc2C)c1. The molecule has 0 atom stereocenters. The van der Waals surface area contributed by atoms with Crippen molar-refractivity contribution in [2.24, 2.45) is 10.8 Å². The fourth-order valence-corrected chi connectivity index (χ4v) is 9.82. The molecule has 3 heterocycles. The number of piperidine rings is 1. The molecule has 1 saturated heterocycles. The zero-order valence-electron chi connectivity index (χ0n) is 46.2. The maximum absolute atomic E-state index is 13.3. The minimum Gasteiger partial charge on any atom is -0.395 e. The van der Waals surface area contributed by atoms with Gasteiger partial charge in [0.25, 0.3) is 0 Å². The summed E-state index contributed by atoms with van der Waals surface area (Å²) in [5.41, 5.74) is 7.96. The number of halogens is 2. The molecule has 0 bridgehead atoms. The first kappa shape index (κ1) is 59.9. The number of alkyl halides is 2. The van der Waals surface area contributed by atoms with Crippen LogP contribution in [0.4, 0.5) is 14.6 Å². The zero-order chi connectivity index (χ0) is 57.1. The van der Waals surface area contributed by atoms with Crippen molar-refractivity contribution in [3.05, 3.63) is 167 Å². The Bertz CT molecular complexity index is 2980. The van der Waals surface area contributed by atoms with Crippen LogP contribution in [0.15, 0.2) is 139 Å². The van der Waals surface area contributed by atoms with Gasteiger partial charge in [0.15, 0.2) is 11.5 Å². The number of nitrogens with two attached hydrogens (primary N) is 1.